The standard InChI is InChI=1S/C21H19F2NO5/c1-26-19-12-15(6-8-18(19)29-21(22)23)7-9-20(25)24(13-16-4-2-10-27-16)14-17-5-3-11-28-17/h2-12,21H,13-14H2,1H3/b9-7+. The number of ether oxygens (including phenoxy) is 2. The number of halogens is 2. The van der Waals surface area contributed by atoms with Crippen molar-refractivity contribution >= 4 is 12.0 Å². The van der Waals surface area contributed by atoms with E-state index in [0.29, 0.717) is 17.1 Å². The van der Waals surface area contributed by atoms with Crippen LogP contribution in [0.5, 0.6) is 11.5 Å². The molecule has 0 aliphatic carbocycles. The minimum absolute atomic E-state index is 0.0803. The largest absolute Gasteiger partial charge is 0.493 e. The zero-order chi connectivity index (χ0) is 20.6. The van der Waals surface area contributed by atoms with Gasteiger partial charge in [-0.1, -0.05) is 6.07 Å². The van der Waals surface area contributed by atoms with Gasteiger partial charge in [-0.05, 0) is 48.0 Å². The summed E-state index contributed by atoms with van der Waals surface area (Å²) in [6, 6.07) is 11.5. The minimum atomic E-state index is -2.95. The first kappa shape index (κ1) is 20.2. The predicted molar refractivity (Wildman–Crippen MR) is 100 cm³/mol. The van der Waals surface area contributed by atoms with Gasteiger partial charge in [-0.15, -0.1) is 0 Å². The Morgan fingerprint density at radius 1 is 1.07 bits per heavy atom. The number of nitrogens with zero attached hydrogens (tertiary/aromatic N) is 1. The summed E-state index contributed by atoms with van der Waals surface area (Å²) in [6.07, 6.45) is 6.02. The molecule has 0 aliphatic heterocycles. The van der Waals surface area contributed by atoms with Gasteiger partial charge in [0.15, 0.2) is 11.5 Å². The van der Waals surface area contributed by atoms with Gasteiger partial charge in [0.1, 0.15) is 11.5 Å². The third-order valence-corrected chi connectivity index (χ3v) is 3.99. The number of alkyl halides is 2. The molecule has 0 unspecified atom stereocenters. The van der Waals surface area contributed by atoms with Crippen molar-refractivity contribution in [2.24, 2.45) is 0 Å². The van der Waals surface area contributed by atoms with E-state index in [0.717, 1.165) is 0 Å². The number of methoxy groups -OCH3 is 1. The highest BCUT2D eigenvalue weighted by Crippen LogP contribution is 2.29. The van der Waals surface area contributed by atoms with Crippen LogP contribution in [0.3, 0.4) is 0 Å². The van der Waals surface area contributed by atoms with Gasteiger partial charge < -0.3 is 23.2 Å². The van der Waals surface area contributed by atoms with E-state index >= 15 is 0 Å². The maximum atomic E-state index is 12.7. The molecular formula is C21H19F2NO5. The van der Waals surface area contributed by atoms with Crippen molar-refractivity contribution in [3.05, 3.63) is 78.2 Å². The Kier molecular flexibility index (Phi) is 6.67. The van der Waals surface area contributed by atoms with E-state index in [-0.39, 0.29) is 30.5 Å². The van der Waals surface area contributed by atoms with Gasteiger partial charge in [-0.3, -0.25) is 4.79 Å². The maximum absolute atomic E-state index is 12.7. The summed E-state index contributed by atoms with van der Waals surface area (Å²) in [5.74, 6) is 1.05. The van der Waals surface area contributed by atoms with E-state index in [1.165, 1.54) is 37.8 Å². The van der Waals surface area contributed by atoms with Crippen molar-refractivity contribution in [3.8, 4) is 11.5 Å². The summed E-state index contributed by atoms with van der Waals surface area (Å²) in [5, 5.41) is 0. The van der Waals surface area contributed by atoms with Crippen LogP contribution in [0.25, 0.3) is 6.08 Å². The fourth-order valence-electron chi connectivity index (χ4n) is 2.65. The Balaban J connectivity index is 1.74. The SMILES string of the molecule is COc1cc(/C=C/C(=O)N(Cc2ccco2)Cc2ccco2)ccc1OC(F)F. The molecule has 2 aromatic heterocycles. The summed E-state index contributed by atoms with van der Waals surface area (Å²) >= 11 is 0. The van der Waals surface area contributed by atoms with Gasteiger partial charge in [0.2, 0.25) is 5.91 Å². The van der Waals surface area contributed by atoms with Gasteiger partial charge in [0.25, 0.3) is 0 Å². The topological polar surface area (TPSA) is 65.0 Å². The zero-order valence-electron chi connectivity index (χ0n) is 15.6. The average Bonchev–Trinajstić information content (AvgIpc) is 3.40. The van der Waals surface area contributed by atoms with Crippen LogP contribution in [-0.2, 0) is 17.9 Å². The Morgan fingerprint density at radius 2 is 1.72 bits per heavy atom. The molecule has 0 radical (unpaired) electrons. The normalized spacial score (nSPS) is 11.2. The molecule has 0 atom stereocenters. The zero-order valence-corrected chi connectivity index (χ0v) is 15.6. The number of rotatable bonds is 9. The number of amides is 1. The van der Waals surface area contributed by atoms with E-state index in [1.807, 2.05) is 0 Å². The summed E-state index contributed by atoms with van der Waals surface area (Å²) in [4.78, 5) is 14.3. The van der Waals surface area contributed by atoms with Crippen molar-refractivity contribution in [3.63, 3.8) is 0 Å². The molecule has 2 heterocycles. The second-order valence-corrected chi connectivity index (χ2v) is 5.98. The van der Waals surface area contributed by atoms with E-state index in [4.69, 9.17) is 13.6 Å². The van der Waals surface area contributed by atoms with E-state index in [1.54, 1.807) is 41.3 Å². The summed E-state index contributed by atoms with van der Waals surface area (Å²) in [6.45, 7) is -2.42. The molecule has 3 rings (SSSR count). The lowest BCUT2D eigenvalue weighted by Gasteiger charge is -2.18. The van der Waals surface area contributed by atoms with E-state index < -0.39 is 6.61 Å². The highest BCUT2D eigenvalue weighted by atomic mass is 19.3. The molecular weight excluding hydrogens is 384 g/mol. The number of carbonyl (C=O) groups is 1. The fraction of sp³-hybridized carbons (Fsp3) is 0.190. The van der Waals surface area contributed by atoms with Crippen LogP contribution in [-0.4, -0.2) is 24.5 Å². The van der Waals surface area contributed by atoms with Gasteiger partial charge in [-0.25, -0.2) is 0 Å². The van der Waals surface area contributed by atoms with E-state index in [2.05, 4.69) is 4.74 Å². The lowest BCUT2D eigenvalue weighted by Crippen LogP contribution is -2.28. The molecule has 0 saturated carbocycles. The van der Waals surface area contributed by atoms with Crippen LogP contribution in [0, 0.1) is 0 Å². The molecule has 1 aromatic carbocycles. The summed E-state index contributed by atoms with van der Waals surface area (Å²) in [7, 11) is 1.35. The number of carbonyl (C=O) groups excluding carboxylic acids is 1. The second kappa shape index (κ2) is 9.59. The first-order chi connectivity index (χ1) is 14.0. The molecule has 29 heavy (non-hydrogen) atoms. The highest BCUT2D eigenvalue weighted by Gasteiger charge is 2.15. The van der Waals surface area contributed by atoms with E-state index in [9.17, 15) is 13.6 Å². The quantitative estimate of drug-likeness (QED) is 0.484. The van der Waals surface area contributed by atoms with Crippen molar-refractivity contribution in [2.45, 2.75) is 19.7 Å². The monoisotopic (exact) mass is 403 g/mol. The Labute approximate surface area is 165 Å². The number of hydrogen-bond acceptors (Lipinski definition) is 5. The van der Waals surface area contributed by atoms with Gasteiger partial charge in [0, 0.05) is 6.08 Å². The van der Waals surface area contributed by atoms with Crippen LogP contribution < -0.4 is 9.47 Å². The van der Waals surface area contributed by atoms with Crippen LogP contribution >= 0.6 is 0 Å². The average molecular weight is 403 g/mol. The molecule has 0 bridgehead atoms. The summed E-state index contributed by atoms with van der Waals surface area (Å²) < 4.78 is 45.0. The number of hydrogen-bond donors (Lipinski definition) is 0. The van der Waals surface area contributed by atoms with Gasteiger partial charge >= 0.3 is 6.61 Å². The summed E-state index contributed by atoms with van der Waals surface area (Å²) in [5.41, 5.74) is 0.591. The highest BCUT2D eigenvalue weighted by molar-refractivity contribution is 5.91. The Hall–Kier alpha value is -3.55. The van der Waals surface area contributed by atoms with Crippen molar-refractivity contribution in [2.75, 3.05) is 7.11 Å². The smallest absolute Gasteiger partial charge is 0.387 e. The van der Waals surface area contributed by atoms with Crippen LogP contribution in [0.15, 0.2) is 69.9 Å². The molecule has 0 N–H and O–H groups in total. The van der Waals surface area contributed by atoms with Gasteiger partial charge in [-0.2, -0.15) is 8.78 Å². The molecule has 3 aromatic rings. The predicted octanol–water partition coefficient (Wildman–Crippen LogP) is 4.72. The van der Waals surface area contributed by atoms with Crippen LogP contribution in [0.4, 0.5) is 8.78 Å². The van der Waals surface area contributed by atoms with Crippen LogP contribution in [0.2, 0.25) is 0 Å². The fourth-order valence-corrected chi connectivity index (χ4v) is 2.65. The van der Waals surface area contributed by atoms with Gasteiger partial charge in [0.05, 0.1) is 32.7 Å². The minimum Gasteiger partial charge on any atom is -0.493 e. The lowest BCUT2D eigenvalue weighted by molar-refractivity contribution is -0.127. The molecule has 8 heteroatoms. The Morgan fingerprint density at radius 3 is 2.24 bits per heavy atom. The molecule has 6 nitrogen and oxygen atoms in total. The number of benzene rings is 1. The molecule has 1 amide bonds. The third-order valence-electron chi connectivity index (χ3n) is 3.99. The van der Waals surface area contributed by atoms with Crippen LogP contribution in [0.1, 0.15) is 17.1 Å². The molecule has 0 spiro atoms. The first-order valence-electron chi connectivity index (χ1n) is 8.69. The number of furan rings is 2. The van der Waals surface area contributed by atoms with Crippen molar-refractivity contribution in [1.82, 2.24) is 4.90 Å². The second-order valence-electron chi connectivity index (χ2n) is 5.98. The molecule has 0 aliphatic rings. The molecule has 152 valence electrons. The van der Waals surface area contributed by atoms with Crippen molar-refractivity contribution < 1.29 is 31.9 Å². The maximum Gasteiger partial charge on any atom is 0.387 e. The first-order valence-corrected chi connectivity index (χ1v) is 8.69. The molecule has 0 fully saturated rings. The lowest BCUT2D eigenvalue weighted by atomic mass is 10.2. The Bertz CT molecular complexity index is 900. The molecule has 0 saturated heterocycles. The van der Waals surface area contributed by atoms with Crippen molar-refractivity contribution in [1.29, 1.82) is 0 Å². The third kappa shape index (κ3) is 5.71.